The Balaban J connectivity index is 1.38. The molecule has 0 aromatic rings. The molecular formula is C18H31N3O3. The second-order valence-corrected chi connectivity index (χ2v) is 7.59. The van der Waals surface area contributed by atoms with Gasteiger partial charge in [-0.3, -0.25) is 4.79 Å². The van der Waals surface area contributed by atoms with Crippen molar-refractivity contribution in [1.29, 1.82) is 0 Å². The molecule has 3 rings (SSSR count). The van der Waals surface area contributed by atoms with Gasteiger partial charge in [-0.15, -0.1) is 0 Å². The van der Waals surface area contributed by atoms with E-state index in [9.17, 15) is 9.59 Å². The Hall–Kier alpha value is -1.30. The summed E-state index contributed by atoms with van der Waals surface area (Å²) in [5.74, 6) is 1.14. The van der Waals surface area contributed by atoms with Crippen LogP contribution < -0.4 is 5.32 Å². The van der Waals surface area contributed by atoms with Gasteiger partial charge >= 0.3 is 6.03 Å². The third kappa shape index (κ3) is 4.41. The lowest BCUT2D eigenvalue weighted by atomic mass is 9.93. The summed E-state index contributed by atoms with van der Waals surface area (Å²) in [7, 11) is 0. The normalized spacial score (nSPS) is 26.6. The highest BCUT2D eigenvalue weighted by Gasteiger charge is 2.31. The number of nitrogens with one attached hydrogen (secondary N) is 1. The zero-order chi connectivity index (χ0) is 16.9. The van der Waals surface area contributed by atoms with Gasteiger partial charge in [0.05, 0.1) is 6.10 Å². The molecule has 3 aliphatic rings. The number of urea groups is 1. The minimum Gasteiger partial charge on any atom is -0.376 e. The molecule has 0 bridgehead atoms. The number of rotatable bonds is 3. The fraction of sp³-hybridized carbons (Fsp3) is 0.889. The van der Waals surface area contributed by atoms with Crippen molar-refractivity contribution in [3.8, 4) is 0 Å². The third-order valence-corrected chi connectivity index (χ3v) is 5.73. The maximum absolute atomic E-state index is 12.6. The summed E-state index contributed by atoms with van der Waals surface area (Å²) in [5.41, 5.74) is 0. The summed E-state index contributed by atoms with van der Waals surface area (Å²) in [6.45, 7) is 6.84. The molecule has 3 fully saturated rings. The molecule has 1 unspecified atom stereocenters. The van der Waals surface area contributed by atoms with E-state index in [2.05, 4.69) is 12.2 Å². The van der Waals surface area contributed by atoms with Crippen LogP contribution in [0.15, 0.2) is 0 Å². The number of carbonyl (C=O) groups excluding carboxylic acids is 2. The summed E-state index contributed by atoms with van der Waals surface area (Å²) in [6.07, 6.45) is 6.12. The Morgan fingerprint density at radius 2 is 1.67 bits per heavy atom. The van der Waals surface area contributed by atoms with Crippen LogP contribution >= 0.6 is 0 Å². The molecule has 6 heteroatoms. The highest BCUT2D eigenvalue weighted by atomic mass is 16.5. The van der Waals surface area contributed by atoms with Crippen LogP contribution in [-0.4, -0.2) is 67.2 Å². The number of amides is 3. The molecule has 0 aromatic carbocycles. The van der Waals surface area contributed by atoms with Crippen LogP contribution in [0, 0.1) is 11.8 Å². The quantitative estimate of drug-likeness (QED) is 0.855. The molecule has 3 saturated heterocycles. The van der Waals surface area contributed by atoms with E-state index < -0.39 is 0 Å². The van der Waals surface area contributed by atoms with Gasteiger partial charge in [0.25, 0.3) is 0 Å². The first-order valence-electron chi connectivity index (χ1n) is 9.56. The van der Waals surface area contributed by atoms with Crippen molar-refractivity contribution in [2.75, 3.05) is 39.3 Å². The van der Waals surface area contributed by atoms with E-state index in [1.165, 1.54) is 0 Å². The van der Waals surface area contributed by atoms with E-state index in [4.69, 9.17) is 4.74 Å². The third-order valence-electron chi connectivity index (χ3n) is 5.73. The molecule has 0 radical (unpaired) electrons. The van der Waals surface area contributed by atoms with Crippen LogP contribution in [0.5, 0.6) is 0 Å². The van der Waals surface area contributed by atoms with Gasteiger partial charge in [-0.1, -0.05) is 6.92 Å². The second kappa shape index (κ2) is 8.19. The van der Waals surface area contributed by atoms with E-state index in [-0.39, 0.29) is 18.1 Å². The Labute approximate surface area is 144 Å². The van der Waals surface area contributed by atoms with E-state index in [1.807, 2.05) is 9.80 Å². The fourth-order valence-electron chi connectivity index (χ4n) is 3.93. The number of nitrogens with zero attached hydrogens (tertiary/aromatic N) is 2. The summed E-state index contributed by atoms with van der Waals surface area (Å²) in [4.78, 5) is 28.7. The van der Waals surface area contributed by atoms with Crippen LogP contribution in [0.1, 0.15) is 45.4 Å². The SMILES string of the molecule is CC1CCN(C(=O)C2CCN(C(=O)NCC3CCCO3)CC2)CC1. The highest BCUT2D eigenvalue weighted by Crippen LogP contribution is 2.23. The lowest BCUT2D eigenvalue weighted by molar-refractivity contribution is -0.138. The second-order valence-electron chi connectivity index (χ2n) is 7.59. The first-order chi connectivity index (χ1) is 11.6. The molecule has 3 aliphatic heterocycles. The van der Waals surface area contributed by atoms with E-state index in [0.29, 0.717) is 25.5 Å². The number of hydrogen-bond acceptors (Lipinski definition) is 3. The number of carbonyl (C=O) groups is 2. The molecular weight excluding hydrogens is 306 g/mol. The number of piperidine rings is 2. The van der Waals surface area contributed by atoms with Gasteiger partial charge in [-0.05, 0) is 44.4 Å². The van der Waals surface area contributed by atoms with Gasteiger partial charge in [0, 0.05) is 45.2 Å². The predicted octanol–water partition coefficient (Wildman–Crippen LogP) is 1.85. The van der Waals surface area contributed by atoms with Gasteiger partial charge in [-0.2, -0.15) is 0 Å². The molecule has 1 atom stereocenters. The molecule has 3 amide bonds. The topological polar surface area (TPSA) is 61.9 Å². The zero-order valence-corrected chi connectivity index (χ0v) is 14.8. The van der Waals surface area contributed by atoms with Crippen molar-refractivity contribution >= 4 is 11.9 Å². The van der Waals surface area contributed by atoms with Crippen LogP contribution in [0.25, 0.3) is 0 Å². The lowest BCUT2D eigenvalue weighted by Gasteiger charge is -2.36. The molecule has 136 valence electrons. The van der Waals surface area contributed by atoms with E-state index in [1.54, 1.807) is 0 Å². The summed E-state index contributed by atoms with van der Waals surface area (Å²) in [6, 6.07) is -0.0109. The van der Waals surface area contributed by atoms with Crippen LogP contribution in [0.3, 0.4) is 0 Å². The summed E-state index contributed by atoms with van der Waals surface area (Å²) < 4.78 is 5.53. The molecule has 3 heterocycles. The van der Waals surface area contributed by atoms with Gasteiger partial charge in [0.15, 0.2) is 0 Å². The Bertz CT molecular complexity index is 435. The molecule has 24 heavy (non-hydrogen) atoms. The van der Waals surface area contributed by atoms with Crippen molar-refractivity contribution < 1.29 is 14.3 Å². The van der Waals surface area contributed by atoms with Crippen LogP contribution in [0.4, 0.5) is 4.79 Å². The van der Waals surface area contributed by atoms with Crippen molar-refractivity contribution in [2.45, 2.75) is 51.6 Å². The Morgan fingerprint density at radius 1 is 1.00 bits per heavy atom. The Morgan fingerprint density at radius 3 is 2.29 bits per heavy atom. The highest BCUT2D eigenvalue weighted by molar-refractivity contribution is 5.80. The van der Waals surface area contributed by atoms with E-state index in [0.717, 1.165) is 64.1 Å². The van der Waals surface area contributed by atoms with Crippen molar-refractivity contribution in [1.82, 2.24) is 15.1 Å². The average molecular weight is 337 g/mol. The summed E-state index contributed by atoms with van der Waals surface area (Å²) >= 11 is 0. The largest absolute Gasteiger partial charge is 0.376 e. The molecule has 0 aliphatic carbocycles. The lowest BCUT2D eigenvalue weighted by Crippen LogP contribution is -2.49. The average Bonchev–Trinajstić information content (AvgIpc) is 3.13. The van der Waals surface area contributed by atoms with Crippen molar-refractivity contribution in [3.63, 3.8) is 0 Å². The number of likely N-dealkylation sites (tertiary alicyclic amines) is 2. The van der Waals surface area contributed by atoms with Crippen LogP contribution in [0.2, 0.25) is 0 Å². The fourth-order valence-corrected chi connectivity index (χ4v) is 3.93. The van der Waals surface area contributed by atoms with E-state index >= 15 is 0 Å². The Kier molecular flexibility index (Phi) is 5.98. The first kappa shape index (κ1) is 17.5. The van der Waals surface area contributed by atoms with Gasteiger partial charge in [0.2, 0.25) is 5.91 Å². The molecule has 0 spiro atoms. The number of hydrogen-bond donors (Lipinski definition) is 1. The molecule has 0 aromatic heterocycles. The zero-order valence-electron chi connectivity index (χ0n) is 14.8. The summed E-state index contributed by atoms with van der Waals surface area (Å²) in [5, 5.41) is 2.97. The smallest absolute Gasteiger partial charge is 0.317 e. The van der Waals surface area contributed by atoms with Gasteiger partial charge < -0.3 is 19.9 Å². The predicted molar refractivity (Wildman–Crippen MR) is 91.6 cm³/mol. The number of ether oxygens (including phenoxy) is 1. The molecule has 6 nitrogen and oxygen atoms in total. The van der Waals surface area contributed by atoms with Crippen molar-refractivity contribution in [2.24, 2.45) is 11.8 Å². The maximum atomic E-state index is 12.6. The van der Waals surface area contributed by atoms with Gasteiger partial charge in [0.1, 0.15) is 0 Å². The molecule has 1 N–H and O–H groups in total. The minimum atomic E-state index is -0.0109. The molecule has 0 saturated carbocycles. The van der Waals surface area contributed by atoms with Gasteiger partial charge in [-0.25, -0.2) is 4.79 Å². The standard InChI is InChI=1S/C18H31N3O3/c1-14-4-8-20(9-5-14)17(22)15-6-10-21(11-7-15)18(23)19-13-16-3-2-12-24-16/h14-16H,2-13H2,1H3,(H,19,23). The van der Waals surface area contributed by atoms with Crippen molar-refractivity contribution in [3.05, 3.63) is 0 Å². The minimum absolute atomic E-state index is 0.0109. The monoisotopic (exact) mass is 337 g/mol. The van der Waals surface area contributed by atoms with Crippen LogP contribution in [-0.2, 0) is 9.53 Å². The maximum Gasteiger partial charge on any atom is 0.317 e. The first-order valence-corrected chi connectivity index (χ1v) is 9.56.